The summed E-state index contributed by atoms with van der Waals surface area (Å²) in [6.07, 6.45) is 0.899. The number of aromatic nitrogens is 4. The van der Waals surface area contributed by atoms with E-state index in [1.54, 1.807) is 7.11 Å². The normalized spacial score (nSPS) is 14.7. The number of anilines is 2. The van der Waals surface area contributed by atoms with Crippen LogP contribution in [-0.4, -0.2) is 46.5 Å². The monoisotopic (exact) mass is 338 g/mol. The SMILES string of the molecule is COCC(C)Nc1nc2c3c(n[nH]c3n1)CCN2Cc1ccccc1. The number of aromatic amines is 1. The summed E-state index contributed by atoms with van der Waals surface area (Å²) in [6.45, 7) is 4.36. The number of ether oxygens (including phenoxy) is 1. The zero-order chi connectivity index (χ0) is 17.2. The van der Waals surface area contributed by atoms with E-state index in [1.807, 2.05) is 13.0 Å². The first-order valence-corrected chi connectivity index (χ1v) is 8.54. The fraction of sp³-hybridized carbons (Fsp3) is 0.389. The van der Waals surface area contributed by atoms with Gasteiger partial charge in [-0.15, -0.1) is 0 Å². The quantitative estimate of drug-likeness (QED) is 0.718. The number of hydrogen-bond acceptors (Lipinski definition) is 6. The highest BCUT2D eigenvalue weighted by atomic mass is 16.5. The van der Waals surface area contributed by atoms with Gasteiger partial charge in [-0.25, -0.2) is 0 Å². The molecule has 0 amide bonds. The Balaban J connectivity index is 1.69. The van der Waals surface area contributed by atoms with Crippen molar-refractivity contribution in [3.8, 4) is 0 Å². The van der Waals surface area contributed by atoms with E-state index in [-0.39, 0.29) is 6.04 Å². The number of benzene rings is 1. The molecule has 0 aliphatic carbocycles. The van der Waals surface area contributed by atoms with Gasteiger partial charge in [0, 0.05) is 32.7 Å². The van der Waals surface area contributed by atoms with Gasteiger partial charge in [-0.1, -0.05) is 30.3 Å². The molecule has 2 aromatic heterocycles. The van der Waals surface area contributed by atoms with Gasteiger partial charge in [0.2, 0.25) is 5.95 Å². The molecule has 2 N–H and O–H groups in total. The lowest BCUT2D eigenvalue weighted by Gasteiger charge is -2.28. The first-order valence-electron chi connectivity index (χ1n) is 8.54. The van der Waals surface area contributed by atoms with Crippen LogP contribution in [0.2, 0.25) is 0 Å². The van der Waals surface area contributed by atoms with Gasteiger partial charge in [0.05, 0.1) is 17.7 Å². The van der Waals surface area contributed by atoms with Crippen molar-refractivity contribution in [2.75, 3.05) is 30.5 Å². The van der Waals surface area contributed by atoms with Crippen LogP contribution in [0.4, 0.5) is 11.8 Å². The van der Waals surface area contributed by atoms with Gasteiger partial charge in [-0.2, -0.15) is 15.1 Å². The van der Waals surface area contributed by atoms with Crippen molar-refractivity contribution in [2.24, 2.45) is 0 Å². The highest BCUT2D eigenvalue weighted by Crippen LogP contribution is 2.32. The Morgan fingerprint density at radius 1 is 1.28 bits per heavy atom. The Bertz CT molecular complexity index is 863. The summed E-state index contributed by atoms with van der Waals surface area (Å²) in [5, 5.41) is 11.8. The van der Waals surface area contributed by atoms with Crippen LogP contribution in [0.5, 0.6) is 0 Å². The van der Waals surface area contributed by atoms with E-state index in [0.717, 1.165) is 42.1 Å². The van der Waals surface area contributed by atoms with Gasteiger partial charge in [-0.3, -0.25) is 5.10 Å². The molecule has 0 spiro atoms. The maximum atomic E-state index is 5.19. The second kappa shape index (κ2) is 6.68. The molecule has 1 unspecified atom stereocenters. The van der Waals surface area contributed by atoms with E-state index in [1.165, 1.54) is 5.56 Å². The van der Waals surface area contributed by atoms with Crippen LogP contribution in [-0.2, 0) is 17.7 Å². The first kappa shape index (κ1) is 15.8. The average Bonchev–Trinajstić information content (AvgIpc) is 3.02. The van der Waals surface area contributed by atoms with Gasteiger partial charge in [0.1, 0.15) is 5.82 Å². The van der Waals surface area contributed by atoms with E-state index in [2.05, 4.69) is 49.7 Å². The van der Waals surface area contributed by atoms with E-state index in [4.69, 9.17) is 9.72 Å². The maximum absolute atomic E-state index is 5.19. The van der Waals surface area contributed by atoms with Crippen molar-refractivity contribution < 1.29 is 4.74 Å². The van der Waals surface area contributed by atoms with Gasteiger partial charge < -0.3 is 15.0 Å². The van der Waals surface area contributed by atoms with Crippen LogP contribution in [0.3, 0.4) is 0 Å². The molecule has 130 valence electrons. The zero-order valence-corrected chi connectivity index (χ0v) is 14.5. The van der Waals surface area contributed by atoms with E-state index in [9.17, 15) is 0 Å². The molecule has 7 nitrogen and oxygen atoms in total. The predicted molar refractivity (Wildman–Crippen MR) is 97.8 cm³/mol. The molecule has 7 heteroatoms. The van der Waals surface area contributed by atoms with Crippen molar-refractivity contribution >= 4 is 22.8 Å². The topological polar surface area (TPSA) is 79.0 Å². The van der Waals surface area contributed by atoms with Gasteiger partial charge in [0.15, 0.2) is 5.65 Å². The minimum Gasteiger partial charge on any atom is -0.383 e. The molecule has 0 saturated heterocycles. The summed E-state index contributed by atoms with van der Waals surface area (Å²) in [5.41, 5.74) is 3.10. The largest absolute Gasteiger partial charge is 0.383 e. The van der Waals surface area contributed by atoms with E-state index in [0.29, 0.717) is 12.6 Å². The maximum Gasteiger partial charge on any atom is 0.227 e. The van der Waals surface area contributed by atoms with Gasteiger partial charge in [0.25, 0.3) is 0 Å². The second-order valence-electron chi connectivity index (χ2n) is 6.42. The molecule has 3 heterocycles. The fourth-order valence-corrected chi connectivity index (χ4v) is 3.26. The van der Waals surface area contributed by atoms with Crippen molar-refractivity contribution in [3.05, 3.63) is 41.6 Å². The highest BCUT2D eigenvalue weighted by Gasteiger charge is 2.25. The van der Waals surface area contributed by atoms with Crippen LogP contribution in [0.15, 0.2) is 30.3 Å². The summed E-state index contributed by atoms with van der Waals surface area (Å²) in [7, 11) is 1.69. The Kier molecular flexibility index (Phi) is 4.23. The number of nitrogens with one attached hydrogen (secondary N) is 2. The first-order chi connectivity index (χ1) is 12.2. The van der Waals surface area contributed by atoms with Crippen LogP contribution >= 0.6 is 0 Å². The number of methoxy groups -OCH3 is 1. The van der Waals surface area contributed by atoms with Crippen LogP contribution in [0.1, 0.15) is 18.2 Å². The number of nitrogens with zero attached hydrogens (tertiary/aromatic N) is 4. The summed E-state index contributed by atoms with van der Waals surface area (Å²) < 4.78 is 5.19. The minimum atomic E-state index is 0.128. The molecule has 0 saturated carbocycles. The van der Waals surface area contributed by atoms with E-state index >= 15 is 0 Å². The van der Waals surface area contributed by atoms with Crippen molar-refractivity contribution in [1.82, 2.24) is 20.2 Å². The lowest BCUT2D eigenvalue weighted by atomic mass is 10.1. The average molecular weight is 338 g/mol. The molecule has 1 aliphatic heterocycles. The van der Waals surface area contributed by atoms with Crippen molar-refractivity contribution in [3.63, 3.8) is 0 Å². The molecular weight excluding hydrogens is 316 g/mol. The Morgan fingerprint density at radius 3 is 2.92 bits per heavy atom. The lowest BCUT2D eigenvalue weighted by molar-refractivity contribution is 0.190. The molecule has 4 rings (SSSR count). The van der Waals surface area contributed by atoms with Gasteiger partial charge in [-0.05, 0) is 12.5 Å². The third kappa shape index (κ3) is 3.15. The highest BCUT2D eigenvalue weighted by molar-refractivity contribution is 5.91. The van der Waals surface area contributed by atoms with E-state index < -0.39 is 0 Å². The molecule has 1 atom stereocenters. The molecule has 25 heavy (non-hydrogen) atoms. The Labute approximate surface area is 146 Å². The Morgan fingerprint density at radius 2 is 2.12 bits per heavy atom. The van der Waals surface area contributed by atoms with Crippen LogP contribution in [0, 0.1) is 0 Å². The predicted octanol–water partition coefficient (Wildman–Crippen LogP) is 2.36. The number of H-pyrrole nitrogens is 1. The molecule has 0 bridgehead atoms. The number of hydrogen-bond donors (Lipinski definition) is 2. The zero-order valence-electron chi connectivity index (χ0n) is 14.5. The molecule has 3 aromatic rings. The van der Waals surface area contributed by atoms with Crippen LogP contribution in [0.25, 0.3) is 11.0 Å². The standard InChI is InChI=1S/C18H22N6O/c1-12(11-25-2)19-18-20-16-15-14(22-23-16)8-9-24(17(15)21-18)10-13-6-4-3-5-7-13/h3-7,12H,8-11H2,1-2H3,(H2,19,20,21,22,23). The molecule has 1 aromatic carbocycles. The summed E-state index contributed by atoms with van der Waals surface area (Å²) in [4.78, 5) is 11.7. The van der Waals surface area contributed by atoms with Crippen molar-refractivity contribution in [2.45, 2.75) is 25.9 Å². The molecule has 1 aliphatic rings. The number of rotatable bonds is 6. The van der Waals surface area contributed by atoms with Gasteiger partial charge >= 0.3 is 0 Å². The second-order valence-corrected chi connectivity index (χ2v) is 6.42. The smallest absolute Gasteiger partial charge is 0.227 e. The summed E-state index contributed by atoms with van der Waals surface area (Å²) in [5.74, 6) is 1.54. The summed E-state index contributed by atoms with van der Waals surface area (Å²) in [6, 6.07) is 10.6. The molecular formula is C18H22N6O. The molecule has 0 radical (unpaired) electrons. The summed E-state index contributed by atoms with van der Waals surface area (Å²) >= 11 is 0. The fourth-order valence-electron chi connectivity index (χ4n) is 3.26. The third-order valence-electron chi connectivity index (χ3n) is 4.40. The van der Waals surface area contributed by atoms with Crippen LogP contribution < -0.4 is 10.2 Å². The molecule has 0 fully saturated rings. The third-order valence-corrected chi connectivity index (χ3v) is 4.40. The lowest BCUT2D eigenvalue weighted by Crippen LogP contribution is -2.30. The minimum absolute atomic E-state index is 0.128. The Hall–Kier alpha value is -2.67. The van der Waals surface area contributed by atoms with Crippen molar-refractivity contribution in [1.29, 1.82) is 0 Å².